The molecule has 1 atom stereocenters. The summed E-state index contributed by atoms with van der Waals surface area (Å²) in [7, 11) is 0. The Morgan fingerprint density at radius 2 is 2.38 bits per heavy atom. The Kier molecular flexibility index (Phi) is 4.33. The lowest BCUT2D eigenvalue weighted by atomic mass is 10.2. The number of nitrogens with two attached hydrogens (primary N) is 1. The minimum absolute atomic E-state index is 0.400. The number of hydrogen-bond acceptors (Lipinski definition) is 4. The smallest absolute Gasteiger partial charge is 0.0945 e. The summed E-state index contributed by atoms with van der Waals surface area (Å²) in [6, 6.07) is 0.400. The molecular weight excluding hydrogens is 204 g/mol. The van der Waals surface area contributed by atoms with Crippen LogP contribution in [0.3, 0.4) is 0 Å². The van der Waals surface area contributed by atoms with Crippen LogP contribution in [0.5, 0.6) is 0 Å². The van der Waals surface area contributed by atoms with Crippen LogP contribution in [-0.4, -0.2) is 53.3 Å². The predicted molar refractivity (Wildman–Crippen MR) is 62.1 cm³/mol. The van der Waals surface area contributed by atoms with Crippen molar-refractivity contribution in [1.29, 1.82) is 0 Å². The second-order valence-corrected chi connectivity index (χ2v) is 4.15. The van der Waals surface area contributed by atoms with E-state index in [0.29, 0.717) is 12.6 Å². The number of imidazole rings is 1. The van der Waals surface area contributed by atoms with E-state index in [1.807, 2.05) is 18.7 Å². The van der Waals surface area contributed by atoms with Gasteiger partial charge in [-0.3, -0.25) is 4.90 Å². The lowest BCUT2D eigenvalue weighted by Crippen LogP contribution is -2.49. The molecule has 0 spiro atoms. The Hall–Kier alpha value is -0.910. The number of morpholine rings is 1. The van der Waals surface area contributed by atoms with Gasteiger partial charge in [0.1, 0.15) is 0 Å². The Morgan fingerprint density at radius 3 is 3.12 bits per heavy atom. The molecule has 1 aromatic rings. The minimum Gasteiger partial charge on any atom is -0.378 e. The van der Waals surface area contributed by atoms with Gasteiger partial charge in [-0.15, -0.1) is 0 Å². The minimum atomic E-state index is 0.400. The fourth-order valence-corrected chi connectivity index (χ4v) is 2.08. The zero-order valence-electron chi connectivity index (χ0n) is 9.59. The third-order valence-corrected chi connectivity index (χ3v) is 3.04. The molecule has 1 unspecified atom stereocenters. The largest absolute Gasteiger partial charge is 0.378 e. The van der Waals surface area contributed by atoms with E-state index in [2.05, 4.69) is 14.5 Å². The molecule has 5 nitrogen and oxygen atoms in total. The molecule has 0 radical (unpaired) electrons. The maximum atomic E-state index is 5.72. The molecule has 16 heavy (non-hydrogen) atoms. The maximum Gasteiger partial charge on any atom is 0.0945 e. The van der Waals surface area contributed by atoms with E-state index in [1.54, 1.807) is 0 Å². The monoisotopic (exact) mass is 224 g/mol. The zero-order valence-corrected chi connectivity index (χ0v) is 9.59. The van der Waals surface area contributed by atoms with E-state index in [-0.39, 0.29) is 0 Å². The lowest BCUT2D eigenvalue weighted by Gasteiger charge is -2.34. The van der Waals surface area contributed by atoms with Gasteiger partial charge < -0.3 is 15.0 Å². The van der Waals surface area contributed by atoms with Gasteiger partial charge in [0.25, 0.3) is 0 Å². The Morgan fingerprint density at radius 1 is 1.44 bits per heavy atom. The van der Waals surface area contributed by atoms with E-state index in [1.165, 1.54) is 0 Å². The Balaban J connectivity index is 1.71. The molecular formula is C11H20N4O. The summed E-state index contributed by atoms with van der Waals surface area (Å²) in [5, 5.41) is 0. The molecule has 0 aromatic carbocycles. The highest BCUT2D eigenvalue weighted by Crippen LogP contribution is 2.06. The molecule has 2 N–H and O–H groups in total. The van der Waals surface area contributed by atoms with Crippen molar-refractivity contribution in [3.05, 3.63) is 18.7 Å². The molecule has 90 valence electrons. The van der Waals surface area contributed by atoms with Gasteiger partial charge in [0, 0.05) is 44.6 Å². The number of ether oxygens (including phenoxy) is 1. The van der Waals surface area contributed by atoms with E-state index in [0.717, 1.165) is 39.3 Å². The summed E-state index contributed by atoms with van der Waals surface area (Å²) < 4.78 is 7.53. The number of aryl methyl sites for hydroxylation is 1. The van der Waals surface area contributed by atoms with Crippen molar-refractivity contribution in [2.75, 3.05) is 32.8 Å². The van der Waals surface area contributed by atoms with Crippen molar-refractivity contribution in [3.8, 4) is 0 Å². The summed E-state index contributed by atoms with van der Waals surface area (Å²) in [4.78, 5) is 6.46. The molecule has 0 aliphatic carbocycles. The van der Waals surface area contributed by atoms with Gasteiger partial charge in [0.2, 0.25) is 0 Å². The van der Waals surface area contributed by atoms with Gasteiger partial charge in [0.05, 0.1) is 19.5 Å². The first kappa shape index (κ1) is 11.6. The highest BCUT2D eigenvalue weighted by molar-refractivity contribution is 4.77. The third kappa shape index (κ3) is 3.04. The molecule has 0 saturated carbocycles. The van der Waals surface area contributed by atoms with Crippen LogP contribution in [0, 0.1) is 0 Å². The fraction of sp³-hybridized carbons (Fsp3) is 0.727. The first-order valence-corrected chi connectivity index (χ1v) is 5.88. The molecule has 0 amide bonds. The zero-order chi connectivity index (χ0) is 11.2. The molecule has 2 rings (SSSR count). The van der Waals surface area contributed by atoms with Crippen LogP contribution in [0.2, 0.25) is 0 Å². The molecule has 1 saturated heterocycles. The van der Waals surface area contributed by atoms with Gasteiger partial charge in [-0.25, -0.2) is 4.98 Å². The van der Waals surface area contributed by atoms with Gasteiger partial charge in [0.15, 0.2) is 0 Å². The second-order valence-electron chi connectivity index (χ2n) is 4.15. The normalized spacial score (nSPS) is 22.4. The summed E-state index contributed by atoms with van der Waals surface area (Å²) >= 11 is 0. The molecule has 1 aliphatic rings. The summed E-state index contributed by atoms with van der Waals surface area (Å²) in [5.41, 5.74) is 5.72. The average molecular weight is 224 g/mol. The quantitative estimate of drug-likeness (QED) is 0.761. The van der Waals surface area contributed by atoms with Gasteiger partial charge >= 0.3 is 0 Å². The van der Waals surface area contributed by atoms with Crippen LogP contribution in [0.4, 0.5) is 0 Å². The average Bonchev–Trinajstić information content (AvgIpc) is 2.83. The molecule has 1 aliphatic heterocycles. The van der Waals surface area contributed by atoms with Gasteiger partial charge in [-0.2, -0.15) is 0 Å². The first-order valence-electron chi connectivity index (χ1n) is 5.88. The van der Waals surface area contributed by atoms with Crippen LogP contribution in [0.1, 0.15) is 6.42 Å². The number of rotatable bonds is 5. The number of aromatic nitrogens is 2. The van der Waals surface area contributed by atoms with Crippen molar-refractivity contribution in [2.45, 2.75) is 19.0 Å². The summed E-state index contributed by atoms with van der Waals surface area (Å²) in [6.45, 7) is 5.41. The first-order chi connectivity index (χ1) is 7.90. The highest BCUT2D eigenvalue weighted by Gasteiger charge is 2.20. The topological polar surface area (TPSA) is 56.3 Å². The van der Waals surface area contributed by atoms with Crippen LogP contribution >= 0.6 is 0 Å². The van der Waals surface area contributed by atoms with Gasteiger partial charge in [-0.1, -0.05) is 0 Å². The summed E-state index contributed by atoms with van der Waals surface area (Å²) in [6.07, 6.45) is 6.81. The standard InChI is InChI=1S/C11H20N4O/c12-8-11-9-16-7-6-15(11)4-1-3-14-5-2-13-10-14/h2,5,10-11H,1,3-4,6-9,12H2. The van der Waals surface area contributed by atoms with E-state index in [4.69, 9.17) is 10.5 Å². The molecule has 2 heterocycles. The van der Waals surface area contributed by atoms with E-state index < -0.39 is 0 Å². The van der Waals surface area contributed by atoms with Crippen molar-refractivity contribution in [1.82, 2.24) is 14.5 Å². The Bertz CT molecular complexity index is 288. The SMILES string of the molecule is NCC1COCCN1CCCn1ccnc1. The fourth-order valence-electron chi connectivity index (χ4n) is 2.08. The van der Waals surface area contributed by atoms with Crippen LogP contribution in [0.15, 0.2) is 18.7 Å². The lowest BCUT2D eigenvalue weighted by molar-refractivity contribution is -0.00464. The maximum absolute atomic E-state index is 5.72. The number of hydrogen-bond donors (Lipinski definition) is 1. The highest BCUT2D eigenvalue weighted by atomic mass is 16.5. The third-order valence-electron chi connectivity index (χ3n) is 3.04. The Labute approximate surface area is 96.2 Å². The molecule has 1 aromatic heterocycles. The van der Waals surface area contributed by atoms with Crippen molar-refractivity contribution in [2.24, 2.45) is 5.73 Å². The van der Waals surface area contributed by atoms with Crippen molar-refractivity contribution < 1.29 is 4.74 Å². The number of nitrogens with zero attached hydrogens (tertiary/aromatic N) is 3. The predicted octanol–water partition coefficient (Wildman–Crippen LogP) is -0.0673. The van der Waals surface area contributed by atoms with Crippen LogP contribution < -0.4 is 5.73 Å². The van der Waals surface area contributed by atoms with Crippen LogP contribution in [0.25, 0.3) is 0 Å². The molecule has 1 fully saturated rings. The van der Waals surface area contributed by atoms with E-state index in [9.17, 15) is 0 Å². The van der Waals surface area contributed by atoms with Gasteiger partial charge in [-0.05, 0) is 6.42 Å². The second kappa shape index (κ2) is 5.98. The summed E-state index contributed by atoms with van der Waals surface area (Å²) in [5.74, 6) is 0. The van der Waals surface area contributed by atoms with Crippen molar-refractivity contribution in [3.63, 3.8) is 0 Å². The molecule has 0 bridgehead atoms. The van der Waals surface area contributed by atoms with Crippen molar-refractivity contribution >= 4 is 0 Å². The molecule has 5 heteroatoms. The van der Waals surface area contributed by atoms with Crippen LogP contribution in [-0.2, 0) is 11.3 Å². The van der Waals surface area contributed by atoms with E-state index >= 15 is 0 Å².